The smallest absolute Gasteiger partial charge is 0.148 e. The largest absolute Gasteiger partial charge is 0.395 e. The van der Waals surface area contributed by atoms with Crippen LogP contribution in [0.3, 0.4) is 0 Å². The molecule has 2 rings (SSSR count). The third kappa shape index (κ3) is 2.52. The minimum absolute atomic E-state index is 0.0754. The fourth-order valence-corrected chi connectivity index (χ4v) is 1.28. The third-order valence-electron chi connectivity index (χ3n) is 2.04. The van der Waals surface area contributed by atoms with Crippen LogP contribution in [-0.4, -0.2) is 33.4 Å². The summed E-state index contributed by atoms with van der Waals surface area (Å²) < 4.78 is 0. The predicted octanol–water partition coefficient (Wildman–Crippen LogP) is 0.943. The Morgan fingerprint density at radius 1 is 1.19 bits per heavy atom. The molecule has 0 bridgehead atoms. The van der Waals surface area contributed by atoms with Gasteiger partial charge in [0.25, 0.3) is 0 Å². The second kappa shape index (κ2) is 5.18. The number of pyridine rings is 1. The summed E-state index contributed by atoms with van der Waals surface area (Å²) in [6.07, 6.45) is 3.46. The molecule has 2 heterocycles. The lowest BCUT2D eigenvalue weighted by Gasteiger charge is -2.03. The first-order valence-electron chi connectivity index (χ1n) is 4.99. The van der Waals surface area contributed by atoms with Gasteiger partial charge in [-0.2, -0.15) is 0 Å². The number of nitrogens with zero attached hydrogens (tertiary/aromatic N) is 3. The molecule has 0 aliphatic heterocycles. The Morgan fingerprint density at radius 2 is 2.12 bits per heavy atom. The quantitative estimate of drug-likeness (QED) is 0.796. The second-order valence-corrected chi connectivity index (χ2v) is 3.20. The van der Waals surface area contributed by atoms with Crippen LogP contribution in [0.25, 0.3) is 11.3 Å². The average Bonchev–Trinajstić information content (AvgIpc) is 2.38. The van der Waals surface area contributed by atoms with Gasteiger partial charge < -0.3 is 10.4 Å². The van der Waals surface area contributed by atoms with Gasteiger partial charge >= 0.3 is 0 Å². The molecule has 0 saturated heterocycles. The van der Waals surface area contributed by atoms with Gasteiger partial charge in [-0.3, -0.25) is 4.98 Å². The van der Waals surface area contributed by atoms with E-state index in [1.165, 1.54) is 0 Å². The number of aliphatic hydroxyl groups is 1. The molecular weight excluding hydrogens is 204 g/mol. The molecule has 0 spiro atoms. The first kappa shape index (κ1) is 10.5. The highest BCUT2D eigenvalue weighted by Crippen LogP contribution is 2.14. The molecular formula is C11H12N4O. The molecule has 0 amide bonds. The van der Waals surface area contributed by atoms with Crippen molar-refractivity contribution in [2.24, 2.45) is 0 Å². The number of nitrogens with one attached hydrogen (secondary N) is 1. The molecule has 82 valence electrons. The van der Waals surface area contributed by atoms with Gasteiger partial charge in [-0.05, 0) is 24.3 Å². The normalized spacial score (nSPS) is 10.1. The molecule has 2 aromatic rings. The van der Waals surface area contributed by atoms with Crippen LogP contribution in [0.4, 0.5) is 5.82 Å². The fraction of sp³-hybridized carbons (Fsp3) is 0.182. The average molecular weight is 216 g/mol. The summed E-state index contributed by atoms with van der Waals surface area (Å²) >= 11 is 0. The van der Waals surface area contributed by atoms with E-state index in [9.17, 15) is 0 Å². The lowest BCUT2D eigenvalue weighted by atomic mass is 10.2. The number of hydrogen-bond acceptors (Lipinski definition) is 5. The number of aliphatic hydroxyl groups excluding tert-OH is 1. The highest BCUT2D eigenvalue weighted by atomic mass is 16.3. The summed E-state index contributed by atoms with van der Waals surface area (Å²) in [4.78, 5) is 4.02. The van der Waals surface area contributed by atoms with Gasteiger partial charge in [0.1, 0.15) is 5.82 Å². The Labute approximate surface area is 93.2 Å². The van der Waals surface area contributed by atoms with Gasteiger partial charge in [0.05, 0.1) is 12.3 Å². The van der Waals surface area contributed by atoms with Crippen molar-refractivity contribution in [3.8, 4) is 11.3 Å². The Morgan fingerprint density at radius 3 is 2.75 bits per heavy atom. The molecule has 0 unspecified atom stereocenters. The maximum atomic E-state index is 8.64. The molecule has 0 radical (unpaired) electrons. The van der Waals surface area contributed by atoms with Crippen molar-refractivity contribution in [3.63, 3.8) is 0 Å². The van der Waals surface area contributed by atoms with Crippen LogP contribution >= 0.6 is 0 Å². The van der Waals surface area contributed by atoms with Gasteiger partial charge in [-0.15, -0.1) is 10.2 Å². The van der Waals surface area contributed by atoms with Crippen LogP contribution in [0, 0.1) is 0 Å². The summed E-state index contributed by atoms with van der Waals surface area (Å²) in [5, 5.41) is 19.6. The van der Waals surface area contributed by atoms with E-state index < -0.39 is 0 Å². The summed E-state index contributed by atoms with van der Waals surface area (Å²) in [5.41, 5.74) is 1.71. The van der Waals surface area contributed by atoms with E-state index in [1.807, 2.05) is 24.3 Å². The van der Waals surface area contributed by atoms with Crippen LogP contribution in [0.15, 0.2) is 36.7 Å². The molecule has 0 aromatic carbocycles. The predicted molar refractivity (Wildman–Crippen MR) is 60.8 cm³/mol. The molecule has 2 N–H and O–H groups in total. The van der Waals surface area contributed by atoms with E-state index in [-0.39, 0.29) is 6.61 Å². The Kier molecular flexibility index (Phi) is 3.40. The van der Waals surface area contributed by atoms with E-state index in [4.69, 9.17) is 5.11 Å². The molecule has 5 heteroatoms. The number of aromatic nitrogens is 3. The van der Waals surface area contributed by atoms with Crippen molar-refractivity contribution in [3.05, 3.63) is 36.7 Å². The maximum Gasteiger partial charge on any atom is 0.148 e. The van der Waals surface area contributed by atoms with Crippen LogP contribution in [0.5, 0.6) is 0 Å². The molecule has 0 saturated carbocycles. The van der Waals surface area contributed by atoms with Crippen molar-refractivity contribution in [1.29, 1.82) is 0 Å². The second-order valence-electron chi connectivity index (χ2n) is 3.20. The first-order chi connectivity index (χ1) is 7.90. The molecule has 0 fully saturated rings. The van der Waals surface area contributed by atoms with Gasteiger partial charge in [0.2, 0.25) is 0 Å². The van der Waals surface area contributed by atoms with Crippen LogP contribution in [-0.2, 0) is 0 Å². The van der Waals surface area contributed by atoms with E-state index in [1.54, 1.807) is 12.4 Å². The van der Waals surface area contributed by atoms with Crippen molar-refractivity contribution in [2.75, 3.05) is 18.5 Å². The van der Waals surface area contributed by atoms with E-state index in [0.29, 0.717) is 12.4 Å². The Hall–Kier alpha value is -2.01. The van der Waals surface area contributed by atoms with E-state index in [2.05, 4.69) is 20.5 Å². The molecule has 2 aromatic heterocycles. The highest BCUT2D eigenvalue weighted by molar-refractivity contribution is 5.57. The number of hydrogen-bond donors (Lipinski definition) is 2. The third-order valence-corrected chi connectivity index (χ3v) is 2.04. The summed E-state index contributed by atoms with van der Waals surface area (Å²) in [5.74, 6) is 0.654. The summed E-state index contributed by atoms with van der Waals surface area (Å²) in [7, 11) is 0. The maximum absolute atomic E-state index is 8.64. The zero-order valence-corrected chi connectivity index (χ0v) is 8.67. The van der Waals surface area contributed by atoms with Gasteiger partial charge in [-0.25, -0.2) is 0 Å². The minimum atomic E-state index is 0.0754. The topological polar surface area (TPSA) is 70.9 Å². The van der Waals surface area contributed by atoms with Crippen molar-refractivity contribution in [2.45, 2.75) is 0 Å². The molecule has 0 aliphatic carbocycles. The van der Waals surface area contributed by atoms with Crippen molar-refractivity contribution in [1.82, 2.24) is 15.2 Å². The zero-order chi connectivity index (χ0) is 11.2. The monoisotopic (exact) mass is 216 g/mol. The standard InChI is InChI=1S/C11H12N4O/c16-7-6-13-11-4-3-10(14-15-11)9-2-1-5-12-8-9/h1-5,8,16H,6-7H2,(H,13,15). The molecule has 16 heavy (non-hydrogen) atoms. The Balaban J connectivity index is 2.13. The summed E-state index contributed by atoms with van der Waals surface area (Å²) in [6.45, 7) is 0.549. The van der Waals surface area contributed by atoms with Gasteiger partial charge in [0, 0.05) is 24.5 Å². The van der Waals surface area contributed by atoms with Gasteiger partial charge in [-0.1, -0.05) is 0 Å². The minimum Gasteiger partial charge on any atom is -0.395 e. The molecule has 0 atom stereocenters. The number of rotatable bonds is 4. The fourth-order valence-electron chi connectivity index (χ4n) is 1.28. The lowest BCUT2D eigenvalue weighted by Crippen LogP contribution is -2.07. The van der Waals surface area contributed by atoms with E-state index in [0.717, 1.165) is 11.3 Å². The SMILES string of the molecule is OCCNc1ccc(-c2cccnc2)nn1. The van der Waals surface area contributed by atoms with Crippen LogP contribution in [0.2, 0.25) is 0 Å². The number of anilines is 1. The molecule has 0 aliphatic rings. The first-order valence-corrected chi connectivity index (χ1v) is 4.99. The van der Waals surface area contributed by atoms with Crippen LogP contribution in [0.1, 0.15) is 0 Å². The Bertz CT molecular complexity index is 429. The zero-order valence-electron chi connectivity index (χ0n) is 8.67. The van der Waals surface area contributed by atoms with Gasteiger partial charge in [0.15, 0.2) is 0 Å². The molecule has 5 nitrogen and oxygen atoms in total. The summed E-state index contributed by atoms with van der Waals surface area (Å²) in [6, 6.07) is 7.47. The van der Waals surface area contributed by atoms with Crippen molar-refractivity contribution < 1.29 is 5.11 Å². The highest BCUT2D eigenvalue weighted by Gasteiger charge is 1.99. The van der Waals surface area contributed by atoms with Crippen molar-refractivity contribution >= 4 is 5.82 Å². The van der Waals surface area contributed by atoms with E-state index >= 15 is 0 Å². The van der Waals surface area contributed by atoms with Crippen LogP contribution < -0.4 is 5.32 Å². The lowest BCUT2D eigenvalue weighted by molar-refractivity contribution is 0.311.